The van der Waals surface area contributed by atoms with Crippen molar-refractivity contribution in [3.8, 4) is 0 Å². The molecule has 0 unspecified atom stereocenters. The molecule has 0 saturated carbocycles. The first kappa shape index (κ1) is 14.9. The van der Waals surface area contributed by atoms with Gasteiger partial charge >= 0.3 is 0 Å². The third-order valence-electron chi connectivity index (χ3n) is 2.94. The van der Waals surface area contributed by atoms with E-state index < -0.39 is 0 Å². The summed E-state index contributed by atoms with van der Waals surface area (Å²) < 4.78 is 0.975. The summed E-state index contributed by atoms with van der Waals surface area (Å²) in [6, 6.07) is 12.7. The van der Waals surface area contributed by atoms with Crippen molar-refractivity contribution in [1.29, 1.82) is 0 Å². The number of hydrogen-bond acceptors (Lipinski definition) is 2. The number of nitrogens with zero attached hydrogens (tertiary/aromatic N) is 1. The molecule has 2 aromatic carbocycles. The number of halogens is 2. The van der Waals surface area contributed by atoms with Crippen LogP contribution in [0.1, 0.15) is 15.9 Å². The molecule has 0 saturated heterocycles. The summed E-state index contributed by atoms with van der Waals surface area (Å²) in [5.74, 6) is -0.134. The number of amides is 1. The van der Waals surface area contributed by atoms with Crippen LogP contribution in [0.3, 0.4) is 0 Å². The summed E-state index contributed by atoms with van der Waals surface area (Å²) in [6.07, 6.45) is 0. The Balaban J connectivity index is 2.19. The van der Waals surface area contributed by atoms with E-state index in [-0.39, 0.29) is 5.91 Å². The normalized spacial score (nSPS) is 10.3. The first-order valence-electron chi connectivity index (χ1n) is 6.03. The average molecular weight is 354 g/mol. The van der Waals surface area contributed by atoms with Gasteiger partial charge in [0.25, 0.3) is 5.91 Å². The first-order chi connectivity index (χ1) is 9.49. The van der Waals surface area contributed by atoms with Crippen LogP contribution in [-0.4, -0.2) is 17.9 Å². The van der Waals surface area contributed by atoms with E-state index in [4.69, 9.17) is 17.3 Å². The molecule has 2 aromatic rings. The lowest BCUT2D eigenvalue weighted by atomic mass is 10.1. The zero-order valence-electron chi connectivity index (χ0n) is 10.9. The molecule has 0 aliphatic heterocycles. The second-order valence-corrected chi connectivity index (χ2v) is 5.75. The molecule has 0 bridgehead atoms. The molecular weight excluding hydrogens is 340 g/mol. The lowest BCUT2D eigenvalue weighted by Crippen LogP contribution is -2.26. The van der Waals surface area contributed by atoms with Gasteiger partial charge < -0.3 is 10.6 Å². The van der Waals surface area contributed by atoms with E-state index >= 15 is 0 Å². The van der Waals surface area contributed by atoms with Crippen LogP contribution in [-0.2, 0) is 6.54 Å². The maximum atomic E-state index is 12.4. The Hall–Kier alpha value is -1.52. The Labute approximate surface area is 131 Å². The van der Waals surface area contributed by atoms with Gasteiger partial charge in [-0.05, 0) is 29.8 Å². The van der Waals surface area contributed by atoms with E-state index in [1.165, 1.54) is 0 Å². The van der Waals surface area contributed by atoms with Gasteiger partial charge in [-0.15, -0.1) is 0 Å². The SMILES string of the molecule is CN(Cc1ccccc1Br)C(=O)c1ccc(N)cc1Cl. The van der Waals surface area contributed by atoms with Gasteiger partial charge in [0.15, 0.2) is 0 Å². The molecule has 20 heavy (non-hydrogen) atoms. The van der Waals surface area contributed by atoms with Crippen molar-refractivity contribution >= 4 is 39.1 Å². The molecule has 0 aliphatic rings. The molecular formula is C15H14BrClN2O. The highest BCUT2D eigenvalue weighted by molar-refractivity contribution is 9.10. The molecule has 5 heteroatoms. The lowest BCUT2D eigenvalue weighted by Gasteiger charge is -2.19. The lowest BCUT2D eigenvalue weighted by molar-refractivity contribution is 0.0785. The van der Waals surface area contributed by atoms with E-state index in [9.17, 15) is 4.79 Å². The van der Waals surface area contributed by atoms with E-state index in [0.29, 0.717) is 22.8 Å². The van der Waals surface area contributed by atoms with Gasteiger partial charge in [0.1, 0.15) is 0 Å². The first-order valence-corrected chi connectivity index (χ1v) is 7.20. The van der Waals surface area contributed by atoms with Crippen LogP contribution in [0, 0.1) is 0 Å². The molecule has 0 spiro atoms. The van der Waals surface area contributed by atoms with Crippen LogP contribution in [0.4, 0.5) is 5.69 Å². The number of nitrogen functional groups attached to an aromatic ring is 1. The van der Waals surface area contributed by atoms with Gasteiger partial charge in [-0.2, -0.15) is 0 Å². The molecule has 0 aliphatic carbocycles. The topological polar surface area (TPSA) is 46.3 Å². The van der Waals surface area contributed by atoms with Crippen molar-refractivity contribution in [2.75, 3.05) is 12.8 Å². The van der Waals surface area contributed by atoms with Crippen LogP contribution < -0.4 is 5.73 Å². The van der Waals surface area contributed by atoms with Crippen molar-refractivity contribution < 1.29 is 4.79 Å². The fourth-order valence-electron chi connectivity index (χ4n) is 1.86. The Kier molecular flexibility index (Phi) is 4.68. The Morgan fingerprint density at radius 3 is 2.65 bits per heavy atom. The fourth-order valence-corrected chi connectivity index (χ4v) is 2.54. The number of benzene rings is 2. The summed E-state index contributed by atoms with van der Waals surface area (Å²) in [7, 11) is 1.74. The highest BCUT2D eigenvalue weighted by atomic mass is 79.9. The quantitative estimate of drug-likeness (QED) is 0.849. The number of anilines is 1. The summed E-state index contributed by atoms with van der Waals surface area (Å²) >= 11 is 9.54. The fraction of sp³-hybridized carbons (Fsp3) is 0.133. The molecule has 104 valence electrons. The van der Waals surface area contributed by atoms with Gasteiger partial charge in [0.2, 0.25) is 0 Å². The summed E-state index contributed by atoms with van der Waals surface area (Å²) in [6.45, 7) is 0.501. The molecule has 1 amide bonds. The number of carbonyl (C=O) groups is 1. The van der Waals surface area contributed by atoms with Crippen LogP contribution in [0.2, 0.25) is 5.02 Å². The Bertz CT molecular complexity index is 646. The zero-order valence-corrected chi connectivity index (χ0v) is 13.3. The van der Waals surface area contributed by atoms with E-state index in [2.05, 4.69) is 15.9 Å². The highest BCUT2D eigenvalue weighted by Gasteiger charge is 2.16. The van der Waals surface area contributed by atoms with Crippen molar-refractivity contribution in [2.24, 2.45) is 0 Å². The van der Waals surface area contributed by atoms with Crippen molar-refractivity contribution in [3.05, 3.63) is 63.1 Å². The average Bonchev–Trinajstić information content (AvgIpc) is 2.40. The van der Waals surface area contributed by atoms with Crippen molar-refractivity contribution in [1.82, 2.24) is 4.90 Å². The highest BCUT2D eigenvalue weighted by Crippen LogP contribution is 2.22. The van der Waals surface area contributed by atoms with E-state index in [1.54, 1.807) is 30.1 Å². The molecule has 3 nitrogen and oxygen atoms in total. The Morgan fingerprint density at radius 2 is 2.00 bits per heavy atom. The number of hydrogen-bond donors (Lipinski definition) is 1. The van der Waals surface area contributed by atoms with Gasteiger partial charge in [0, 0.05) is 23.8 Å². The maximum absolute atomic E-state index is 12.4. The van der Waals surface area contributed by atoms with Gasteiger partial charge in [-0.3, -0.25) is 4.79 Å². The predicted molar refractivity (Wildman–Crippen MR) is 85.8 cm³/mol. The predicted octanol–water partition coefficient (Wildman–Crippen LogP) is 3.96. The second kappa shape index (κ2) is 6.29. The Morgan fingerprint density at radius 1 is 1.30 bits per heavy atom. The number of nitrogens with two attached hydrogens (primary N) is 1. The van der Waals surface area contributed by atoms with Crippen LogP contribution in [0.25, 0.3) is 0 Å². The maximum Gasteiger partial charge on any atom is 0.255 e. The molecule has 2 N–H and O–H groups in total. The van der Waals surface area contributed by atoms with Crippen LogP contribution >= 0.6 is 27.5 Å². The van der Waals surface area contributed by atoms with Crippen LogP contribution in [0.5, 0.6) is 0 Å². The standard InChI is InChI=1S/C15H14BrClN2O/c1-19(9-10-4-2-3-5-13(10)16)15(20)12-7-6-11(18)8-14(12)17/h2-8H,9,18H2,1H3. The van der Waals surface area contributed by atoms with Gasteiger partial charge in [0.05, 0.1) is 10.6 Å². The number of carbonyl (C=O) groups excluding carboxylic acids is 1. The van der Waals surface area contributed by atoms with Gasteiger partial charge in [-0.25, -0.2) is 0 Å². The zero-order chi connectivity index (χ0) is 14.7. The number of rotatable bonds is 3. The molecule has 0 atom stereocenters. The summed E-state index contributed by atoms with van der Waals surface area (Å²) in [5.41, 5.74) is 7.66. The molecule has 0 heterocycles. The third-order valence-corrected chi connectivity index (χ3v) is 4.02. The summed E-state index contributed by atoms with van der Waals surface area (Å²) in [4.78, 5) is 14.0. The molecule has 0 fully saturated rings. The largest absolute Gasteiger partial charge is 0.399 e. The molecule has 2 rings (SSSR count). The van der Waals surface area contributed by atoms with E-state index in [0.717, 1.165) is 10.0 Å². The van der Waals surface area contributed by atoms with Crippen molar-refractivity contribution in [2.45, 2.75) is 6.54 Å². The minimum Gasteiger partial charge on any atom is -0.399 e. The van der Waals surface area contributed by atoms with Crippen LogP contribution in [0.15, 0.2) is 46.9 Å². The summed E-state index contributed by atoms with van der Waals surface area (Å²) in [5, 5.41) is 0.369. The third kappa shape index (κ3) is 3.32. The van der Waals surface area contributed by atoms with Crippen molar-refractivity contribution in [3.63, 3.8) is 0 Å². The van der Waals surface area contributed by atoms with E-state index in [1.807, 2.05) is 24.3 Å². The van der Waals surface area contributed by atoms with Gasteiger partial charge in [-0.1, -0.05) is 45.7 Å². The minimum atomic E-state index is -0.134. The smallest absolute Gasteiger partial charge is 0.255 e. The minimum absolute atomic E-state index is 0.134. The molecule has 0 radical (unpaired) electrons. The monoisotopic (exact) mass is 352 g/mol. The molecule has 0 aromatic heterocycles. The second-order valence-electron chi connectivity index (χ2n) is 4.49.